The van der Waals surface area contributed by atoms with Gasteiger partial charge in [0.25, 0.3) is 0 Å². The first-order valence-electron chi connectivity index (χ1n) is 12.0. The highest BCUT2D eigenvalue weighted by Gasteiger charge is 2.14. The highest BCUT2D eigenvalue weighted by molar-refractivity contribution is 5.79. The Hall–Kier alpha value is -4.96. The van der Waals surface area contributed by atoms with Crippen LogP contribution in [0.2, 0.25) is 0 Å². The van der Waals surface area contributed by atoms with Crippen molar-refractivity contribution in [3.63, 3.8) is 0 Å². The standard InChI is InChI=1S/C32H26N4/c1-3-9-27(10-4-1)35(31-13-7-23-33-31)29-19-15-25(16-20-29)26-17-21-30(22-18-26)36(32-14-8-24-34-32)28-11-5-2-6-12-28/h1-24,33-34H. The Bertz CT molecular complexity index is 1370. The molecule has 6 aromatic rings. The molecular formula is C32H26N4. The Balaban J connectivity index is 1.30. The van der Waals surface area contributed by atoms with Gasteiger partial charge in [-0.05, 0) is 83.9 Å². The number of hydrogen-bond donors (Lipinski definition) is 2. The molecule has 0 bridgehead atoms. The van der Waals surface area contributed by atoms with Gasteiger partial charge in [-0.1, -0.05) is 60.7 Å². The zero-order valence-corrected chi connectivity index (χ0v) is 19.8. The average molecular weight is 467 g/mol. The number of rotatable bonds is 7. The Morgan fingerprint density at radius 1 is 0.333 bits per heavy atom. The van der Waals surface area contributed by atoms with Crippen molar-refractivity contribution in [3.05, 3.63) is 146 Å². The van der Waals surface area contributed by atoms with Gasteiger partial charge in [-0.25, -0.2) is 0 Å². The first kappa shape index (κ1) is 21.6. The van der Waals surface area contributed by atoms with Crippen LogP contribution in [-0.4, -0.2) is 9.97 Å². The van der Waals surface area contributed by atoms with E-state index in [1.807, 2.05) is 36.7 Å². The van der Waals surface area contributed by atoms with E-state index in [2.05, 4.69) is 129 Å². The van der Waals surface area contributed by atoms with Crippen LogP contribution < -0.4 is 9.80 Å². The smallest absolute Gasteiger partial charge is 0.114 e. The van der Waals surface area contributed by atoms with Crippen molar-refractivity contribution in [3.8, 4) is 11.1 Å². The van der Waals surface area contributed by atoms with Crippen LogP contribution in [0, 0.1) is 0 Å². The fraction of sp³-hybridized carbons (Fsp3) is 0. The largest absolute Gasteiger partial charge is 0.348 e. The number of nitrogens with one attached hydrogen (secondary N) is 2. The van der Waals surface area contributed by atoms with Gasteiger partial charge in [0.1, 0.15) is 11.6 Å². The lowest BCUT2D eigenvalue weighted by Crippen LogP contribution is -2.10. The van der Waals surface area contributed by atoms with E-state index < -0.39 is 0 Å². The van der Waals surface area contributed by atoms with E-state index in [0.717, 1.165) is 34.4 Å². The van der Waals surface area contributed by atoms with Crippen LogP contribution >= 0.6 is 0 Å². The molecule has 6 rings (SSSR count). The first-order valence-corrected chi connectivity index (χ1v) is 12.0. The van der Waals surface area contributed by atoms with Gasteiger partial charge in [0, 0.05) is 35.1 Å². The molecule has 0 saturated carbocycles. The summed E-state index contributed by atoms with van der Waals surface area (Å²) in [7, 11) is 0. The lowest BCUT2D eigenvalue weighted by Gasteiger charge is -2.24. The maximum absolute atomic E-state index is 3.34. The van der Waals surface area contributed by atoms with Crippen LogP contribution in [0.1, 0.15) is 0 Å². The number of nitrogens with zero attached hydrogens (tertiary/aromatic N) is 2. The fourth-order valence-electron chi connectivity index (χ4n) is 4.53. The van der Waals surface area contributed by atoms with Gasteiger partial charge in [-0.2, -0.15) is 0 Å². The summed E-state index contributed by atoms with van der Waals surface area (Å²) in [4.78, 5) is 11.1. The number of H-pyrrole nitrogens is 2. The summed E-state index contributed by atoms with van der Waals surface area (Å²) < 4.78 is 0. The van der Waals surface area contributed by atoms with Crippen molar-refractivity contribution in [2.24, 2.45) is 0 Å². The normalized spacial score (nSPS) is 10.8. The van der Waals surface area contributed by atoms with E-state index in [1.54, 1.807) is 0 Å². The minimum absolute atomic E-state index is 1.03. The van der Waals surface area contributed by atoms with E-state index in [0.29, 0.717) is 0 Å². The molecule has 0 radical (unpaired) electrons. The highest BCUT2D eigenvalue weighted by atomic mass is 15.2. The topological polar surface area (TPSA) is 38.1 Å². The monoisotopic (exact) mass is 466 g/mol. The van der Waals surface area contributed by atoms with Crippen LogP contribution in [0.25, 0.3) is 11.1 Å². The summed E-state index contributed by atoms with van der Waals surface area (Å²) in [5.41, 5.74) is 6.79. The van der Waals surface area contributed by atoms with E-state index in [1.165, 1.54) is 11.1 Å². The van der Waals surface area contributed by atoms with Crippen molar-refractivity contribution < 1.29 is 0 Å². The number of para-hydroxylation sites is 2. The number of hydrogen-bond acceptors (Lipinski definition) is 2. The molecule has 36 heavy (non-hydrogen) atoms. The van der Waals surface area contributed by atoms with E-state index in [9.17, 15) is 0 Å². The maximum Gasteiger partial charge on any atom is 0.114 e. The molecule has 0 spiro atoms. The molecule has 0 fully saturated rings. The van der Waals surface area contributed by atoms with E-state index >= 15 is 0 Å². The quantitative estimate of drug-likeness (QED) is 0.246. The third-order valence-corrected chi connectivity index (χ3v) is 6.26. The molecule has 4 nitrogen and oxygen atoms in total. The summed E-state index contributed by atoms with van der Waals surface area (Å²) in [5, 5.41) is 0. The summed E-state index contributed by atoms with van der Waals surface area (Å²) in [6.07, 6.45) is 3.90. The van der Waals surface area contributed by atoms with Gasteiger partial charge in [0.2, 0.25) is 0 Å². The molecule has 0 atom stereocenters. The number of benzene rings is 4. The molecule has 174 valence electrons. The fourth-order valence-corrected chi connectivity index (χ4v) is 4.53. The molecule has 2 aromatic heterocycles. The third kappa shape index (κ3) is 4.28. The van der Waals surface area contributed by atoms with Gasteiger partial charge in [-0.15, -0.1) is 0 Å². The summed E-state index contributed by atoms with van der Waals surface area (Å²) in [6, 6.07) is 46.5. The molecule has 0 aliphatic heterocycles. The van der Waals surface area contributed by atoms with E-state index in [4.69, 9.17) is 0 Å². The molecule has 0 aliphatic rings. The molecule has 2 heterocycles. The van der Waals surface area contributed by atoms with Gasteiger partial charge in [-0.3, -0.25) is 9.80 Å². The lowest BCUT2D eigenvalue weighted by atomic mass is 10.0. The first-order chi connectivity index (χ1) is 17.9. The van der Waals surface area contributed by atoms with Crippen molar-refractivity contribution in [1.82, 2.24) is 9.97 Å². The Morgan fingerprint density at radius 2 is 0.694 bits per heavy atom. The van der Waals surface area contributed by atoms with Crippen molar-refractivity contribution in [1.29, 1.82) is 0 Å². The molecule has 0 aliphatic carbocycles. The van der Waals surface area contributed by atoms with Crippen LogP contribution in [0.5, 0.6) is 0 Å². The second kappa shape index (κ2) is 9.72. The molecule has 4 aromatic carbocycles. The van der Waals surface area contributed by atoms with Crippen molar-refractivity contribution in [2.45, 2.75) is 0 Å². The molecule has 0 amide bonds. The minimum Gasteiger partial charge on any atom is -0.348 e. The Labute approximate surface area is 211 Å². The van der Waals surface area contributed by atoms with Crippen LogP contribution in [0.3, 0.4) is 0 Å². The lowest BCUT2D eigenvalue weighted by molar-refractivity contribution is 1.21. The number of anilines is 6. The minimum atomic E-state index is 1.03. The van der Waals surface area contributed by atoms with Crippen molar-refractivity contribution >= 4 is 34.4 Å². The Morgan fingerprint density at radius 3 is 1.03 bits per heavy atom. The van der Waals surface area contributed by atoms with Crippen LogP contribution in [-0.2, 0) is 0 Å². The van der Waals surface area contributed by atoms with Gasteiger partial charge < -0.3 is 9.97 Å². The third-order valence-electron chi connectivity index (χ3n) is 6.26. The maximum atomic E-state index is 3.34. The zero-order chi connectivity index (χ0) is 24.2. The van der Waals surface area contributed by atoms with Crippen LogP contribution in [0.4, 0.5) is 34.4 Å². The van der Waals surface area contributed by atoms with Crippen LogP contribution in [0.15, 0.2) is 146 Å². The van der Waals surface area contributed by atoms with Crippen molar-refractivity contribution in [2.75, 3.05) is 9.80 Å². The number of aromatic amines is 2. The van der Waals surface area contributed by atoms with Gasteiger partial charge in [0.15, 0.2) is 0 Å². The predicted octanol–water partition coefficient (Wildman–Crippen LogP) is 8.95. The summed E-state index contributed by atoms with van der Waals surface area (Å²) >= 11 is 0. The predicted molar refractivity (Wildman–Crippen MR) is 150 cm³/mol. The second-order valence-electron chi connectivity index (χ2n) is 8.55. The second-order valence-corrected chi connectivity index (χ2v) is 8.55. The summed E-state index contributed by atoms with van der Waals surface area (Å²) in [6.45, 7) is 0. The zero-order valence-electron chi connectivity index (χ0n) is 19.8. The molecule has 2 N–H and O–H groups in total. The van der Waals surface area contributed by atoms with Gasteiger partial charge in [0.05, 0.1) is 0 Å². The van der Waals surface area contributed by atoms with E-state index in [-0.39, 0.29) is 0 Å². The average Bonchev–Trinajstić information content (AvgIpc) is 3.67. The molecule has 0 saturated heterocycles. The molecule has 0 unspecified atom stereocenters. The Kier molecular flexibility index (Phi) is 5.83. The van der Waals surface area contributed by atoms with Gasteiger partial charge >= 0.3 is 0 Å². The molecule has 4 heteroatoms. The number of aromatic nitrogens is 2. The molecular weight excluding hydrogens is 440 g/mol. The summed E-state index contributed by atoms with van der Waals surface area (Å²) in [5.74, 6) is 2.06. The SMILES string of the molecule is c1ccc(N(c2ccc(-c3ccc(N(c4ccccc4)c4ccc[nH]4)cc3)cc2)c2ccc[nH]2)cc1. The highest BCUT2D eigenvalue weighted by Crippen LogP contribution is 2.36.